The zero-order valence-corrected chi connectivity index (χ0v) is 10.8. The summed E-state index contributed by atoms with van der Waals surface area (Å²) in [7, 11) is 0. The first-order valence-corrected chi connectivity index (χ1v) is 6.26. The van der Waals surface area contributed by atoms with E-state index in [4.69, 9.17) is 0 Å². The lowest BCUT2D eigenvalue weighted by atomic mass is 9.94. The molecule has 3 heteroatoms. The summed E-state index contributed by atoms with van der Waals surface area (Å²) in [4.78, 5) is 2.39. The normalized spacial score (nSPS) is 12.4. The minimum Gasteiger partial charge on any atom is -0.394 e. The molecule has 0 rings (SSSR count). The third-order valence-electron chi connectivity index (χ3n) is 3.48. The zero-order valence-electron chi connectivity index (χ0n) is 10.8. The summed E-state index contributed by atoms with van der Waals surface area (Å²) >= 11 is 0. The smallest absolute Gasteiger partial charge is 0.0613 e. The van der Waals surface area contributed by atoms with Crippen LogP contribution < -0.4 is 5.32 Å². The number of likely N-dealkylation sites (N-methyl/N-ethyl adjacent to an activating group) is 1. The predicted octanol–water partition coefficient (Wildman–Crippen LogP) is 1.47. The van der Waals surface area contributed by atoms with Crippen molar-refractivity contribution in [3.8, 4) is 0 Å². The SMILES string of the molecule is CCN(CC)CCNC(CC)(CC)CO. The largest absolute Gasteiger partial charge is 0.394 e. The van der Waals surface area contributed by atoms with Crippen LogP contribution in [-0.4, -0.2) is 48.3 Å². The molecule has 0 aliphatic carbocycles. The molecule has 92 valence electrons. The van der Waals surface area contributed by atoms with Crippen molar-refractivity contribution in [2.24, 2.45) is 0 Å². The van der Waals surface area contributed by atoms with Crippen LogP contribution in [0.15, 0.2) is 0 Å². The van der Waals surface area contributed by atoms with Crippen LogP contribution in [0.25, 0.3) is 0 Å². The third-order valence-corrected chi connectivity index (χ3v) is 3.48. The number of aliphatic hydroxyl groups is 1. The lowest BCUT2D eigenvalue weighted by Gasteiger charge is -2.32. The Labute approximate surface area is 94.9 Å². The maximum absolute atomic E-state index is 9.38. The molecule has 0 atom stereocenters. The van der Waals surface area contributed by atoms with Crippen LogP contribution in [0, 0.1) is 0 Å². The number of rotatable bonds is 9. The molecule has 0 saturated carbocycles. The molecule has 0 spiro atoms. The van der Waals surface area contributed by atoms with E-state index in [1.54, 1.807) is 0 Å². The van der Waals surface area contributed by atoms with Gasteiger partial charge in [-0.05, 0) is 25.9 Å². The summed E-state index contributed by atoms with van der Waals surface area (Å²) in [6, 6.07) is 0. The summed E-state index contributed by atoms with van der Waals surface area (Å²) in [6.07, 6.45) is 1.97. The number of nitrogens with one attached hydrogen (secondary N) is 1. The van der Waals surface area contributed by atoms with Gasteiger partial charge in [-0.1, -0.05) is 27.7 Å². The van der Waals surface area contributed by atoms with Crippen LogP contribution >= 0.6 is 0 Å². The Morgan fingerprint density at radius 3 is 1.93 bits per heavy atom. The highest BCUT2D eigenvalue weighted by atomic mass is 16.3. The number of aliphatic hydroxyl groups excluding tert-OH is 1. The Bertz CT molecular complexity index is 134. The van der Waals surface area contributed by atoms with Gasteiger partial charge < -0.3 is 15.3 Å². The molecular formula is C12H28N2O. The molecule has 15 heavy (non-hydrogen) atoms. The highest BCUT2D eigenvalue weighted by Crippen LogP contribution is 2.13. The molecule has 0 radical (unpaired) electrons. The van der Waals surface area contributed by atoms with E-state index in [0.29, 0.717) is 0 Å². The molecule has 0 aliphatic rings. The molecular weight excluding hydrogens is 188 g/mol. The fourth-order valence-corrected chi connectivity index (χ4v) is 1.80. The predicted molar refractivity (Wildman–Crippen MR) is 66.2 cm³/mol. The number of hydrogen-bond donors (Lipinski definition) is 2. The van der Waals surface area contributed by atoms with E-state index in [-0.39, 0.29) is 12.1 Å². The van der Waals surface area contributed by atoms with Gasteiger partial charge in [0.15, 0.2) is 0 Å². The van der Waals surface area contributed by atoms with Gasteiger partial charge in [0.1, 0.15) is 0 Å². The minimum absolute atomic E-state index is 0.0623. The lowest BCUT2D eigenvalue weighted by molar-refractivity contribution is 0.146. The quantitative estimate of drug-likeness (QED) is 0.612. The van der Waals surface area contributed by atoms with E-state index in [2.05, 4.69) is 37.9 Å². The standard InChI is InChI=1S/C12H28N2O/c1-5-12(6-2,11-15)13-9-10-14(7-3)8-4/h13,15H,5-11H2,1-4H3. The van der Waals surface area contributed by atoms with Crippen LogP contribution in [0.5, 0.6) is 0 Å². The summed E-state index contributed by atoms with van der Waals surface area (Å²) < 4.78 is 0. The van der Waals surface area contributed by atoms with E-state index in [0.717, 1.165) is 39.0 Å². The highest BCUT2D eigenvalue weighted by Gasteiger charge is 2.23. The van der Waals surface area contributed by atoms with Gasteiger partial charge in [-0.15, -0.1) is 0 Å². The first-order valence-electron chi connectivity index (χ1n) is 6.26. The van der Waals surface area contributed by atoms with Gasteiger partial charge in [-0.2, -0.15) is 0 Å². The average molecular weight is 216 g/mol. The summed E-state index contributed by atoms with van der Waals surface area (Å²) in [5.74, 6) is 0. The highest BCUT2D eigenvalue weighted by molar-refractivity contribution is 4.84. The molecule has 0 unspecified atom stereocenters. The van der Waals surface area contributed by atoms with Crippen LogP contribution in [-0.2, 0) is 0 Å². The van der Waals surface area contributed by atoms with E-state index in [9.17, 15) is 5.11 Å². The van der Waals surface area contributed by atoms with Crippen LogP contribution in [0.3, 0.4) is 0 Å². The summed E-state index contributed by atoms with van der Waals surface area (Å²) in [5.41, 5.74) is -0.0623. The zero-order chi connectivity index (χ0) is 11.7. The Hall–Kier alpha value is -0.120. The molecule has 0 aromatic rings. The fraction of sp³-hybridized carbons (Fsp3) is 1.00. The topological polar surface area (TPSA) is 35.5 Å². The van der Waals surface area contributed by atoms with Crippen molar-refractivity contribution in [3.05, 3.63) is 0 Å². The maximum atomic E-state index is 9.38. The maximum Gasteiger partial charge on any atom is 0.0613 e. The number of nitrogens with zero attached hydrogens (tertiary/aromatic N) is 1. The summed E-state index contributed by atoms with van der Waals surface area (Å²) in [6.45, 7) is 13.1. The van der Waals surface area contributed by atoms with E-state index >= 15 is 0 Å². The molecule has 0 saturated heterocycles. The second-order valence-corrected chi connectivity index (χ2v) is 4.10. The Balaban J connectivity index is 3.89. The van der Waals surface area contributed by atoms with Crippen molar-refractivity contribution in [2.75, 3.05) is 32.8 Å². The Kier molecular flexibility index (Phi) is 8.02. The summed E-state index contributed by atoms with van der Waals surface area (Å²) in [5, 5.41) is 12.9. The molecule has 0 aromatic heterocycles. The Morgan fingerprint density at radius 1 is 1.07 bits per heavy atom. The molecule has 3 nitrogen and oxygen atoms in total. The fourth-order valence-electron chi connectivity index (χ4n) is 1.80. The Morgan fingerprint density at radius 2 is 1.60 bits per heavy atom. The van der Waals surface area contributed by atoms with Crippen LogP contribution in [0.2, 0.25) is 0 Å². The molecule has 0 bridgehead atoms. The monoisotopic (exact) mass is 216 g/mol. The second-order valence-electron chi connectivity index (χ2n) is 4.10. The van der Waals surface area contributed by atoms with Crippen LogP contribution in [0.1, 0.15) is 40.5 Å². The van der Waals surface area contributed by atoms with Crippen molar-refractivity contribution in [3.63, 3.8) is 0 Å². The second kappa shape index (κ2) is 8.08. The third kappa shape index (κ3) is 4.96. The van der Waals surface area contributed by atoms with Crippen LogP contribution in [0.4, 0.5) is 0 Å². The minimum atomic E-state index is -0.0623. The van der Waals surface area contributed by atoms with Gasteiger partial charge in [0.05, 0.1) is 6.61 Å². The lowest BCUT2D eigenvalue weighted by Crippen LogP contribution is -2.50. The van der Waals surface area contributed by atoms with E-state index in [1.165, 1.54) is 0 Å². The van der Waals surface area contributed by atoms with Gasteiger partial charge >= 0.3 is 0 Å². The van der Waals surface area contributed by atoms with Crippen molar-refractivity contribution >= 4 is 0 Å². The molecule has 2 N–H and O–H groups in total. The first kappa shape index (κ1) is 14.9. The molecule has 0 heterocycles. The van der Waals surface area contributed by atoms with Crippen molar-refractivity contribution in [1.82, 2.24) is 10.2 Å². The molecule has 0 fully saturated rings. The molecule has 0 aromatic carbocycles. The van der Waals surface area contributed by atoms with Crippen molar-refractivity contribution in [1.29, 1.82) is 0 Å². The van der Waals surface area contributed by atoms with Gasteiger partial charge in [-0.25, -0.2) is 0 Å². The van der Waals surface area contributed by atoms with Gasteiger partial charge in [-0.3, -0.25) is 0 Å². The van der Waals surface area contributed by atoms with E-state index < -0.39 is 0 Å². The molecule has 0 amide bonds. The number of hydrogen-bond acceptors (Lipinski definition) is 3. The van der Waals surface area contributed by atoms with Gasteiger partial charge in [0.25, 0.3) is 0 Å². The average Bonchev–Trinajstić information content (AvgIpc) is 2.31. The first-order chi connectivity index (χ1) is 7.17. The van der Waals surface area contributed by atoms with Crippen molar-refractivity contribution in [2.45, 2.75) is 46.1 Å². The van der Waals surface area contributed by atoms with Crippen molar-refractivity contribution < 1.29 is 5.11 Å². The van der Waals surface area contributed by atoms with Gasteiger partial charge in [0.2, 0.25) is 0 Å². The van der Waals surface area contributed by atoms with E-state index in [1.807, 2.05) is 0 Å². The molecule has 0 aliphatic heterocycles. The van der Waals surface area contributed by atoms with Gasteiger partial charge in [0, 0.05) is 18.6 Å².